The Morgan fingerprint density at radius 1 is 1.38 bits per heavy atom. The maximum absolute atomic E-state index is 11.6. The molecule has 2 heterocycles. The minimum Gasteiger partial charge on any atom is -0.475 e. The summed E-state index contributed by atoms with van der Waals surface area (Å²) in [7, 11) is 10.4. The van der Waals surface area contributed by atoms with Crippen molar-refractivity contribution in [1.82, 2.24) is 9.55 Å². The summed E-state index contributed by atoms with van der Waals surface area (Å²) in [6, 6.07) is -0.325. The van der Waals surface area contributed by atoms with Crippen LogP contribution in [0.25, 0.3) is 0 Å². The Bertz CT molecular complexity index is 648. The lowest BCUT2D eigenvalue weighted by Crippen LogP contribution is -2.34. The molecule has 1 aliphatic heterocycles. The van der Waals surface area contributed by atoms with E-state index in [1.807, 2.05) is 6.92 Å². The molecule has 0 aliphatic carbocycles. The smallest absolute Gasteiger partial charge is 0.330 e. The fourth-order valence-electron chi connectivity index (χ4n) is 1.99. The molecule has 3 N–H and O–H groups in total. The first-order valence-corrected chi connectivity index (χ1v) is 8.65. The van der Waals surface area contributed by atoms with Crippen LogP contribution in [0.3, 0.4) is 0 Å². The van der Waals surface area contributed by atoms with E-state index in [0.29, 0.717) is 18.4 Å². The van der Waals surface area contributed by atoms with E-state index in [4.69, 9.17) is 26.2 Å². The molecular formula is C16H27B2N3O5. The molecule has 4 radical (unpaired) electrons. The normalized spacial score (nSPS) is 18.2. The standard InChI is InChI=1S/C10H13BN2O3.C3H6BNO2.C3H8/c1-2-6-5-13(10(15)12-9(6)14)8-4-3-7(11)16-8;4-2-7-3(6)1-5;1-3-2/h5,7-8H,2-4H2,1H3,(H,12,14,15);1-2,5H2;3H2,1-2H3/t7-,8?;;/m0../s1. The van der Waals surface area contributed by atoms with E-state index in [9.17, 15) is 14.4 Å². The van der Waals surface area contributed by atoms with Gasteiger partial charge >= 0.3 is 11.7 Å². The molecule has 0 aromatic carbocycles. The number of nitrogens with zero attached hydrogens (tertiary/aromatic N) is 1. The molecule has 0 saturated carbocycles. The highest BCUT2D eigenvalue weighted by molar-refractivity contribution is 6.11. The highest BCUT2D eigenvalue weighted by Gasteiger charge is 2.24. The molecule has 1 saturated heterocycles. The molecule has 26 heavy (non-hydrogen) atoms. The molecular weight excluding hydrogens is 336 g/mol. The van der Waals surface area contributed by atoms with E-state index in [-0.39, 0.29) is 30.8 Å². The van der Waals surface area contributed by atoms with E-state index in [1.165, 1.54) is 11.0 Å². The van der Waals surface area contributed by atoms with Crippen molar-refractivity contribution in [3.63, 3.8) is 0 Å². The summed E-state index contributed by atoms with van der Waals surface area (Å²) in [5, 5.41) is 0. The highest BCUT2D eigenvalue weighted by Crippen LogP contribution is 2.24. The fourth-order valence-corrected chi connectivity index (χ4v) is 1.99. The van der Waals surface area contributed by atoms with Crippen molar-refractivity contribution in [2.75, 3.05) is 13.1 Å². The molecule has 1 fully saturated rings. The number of carbonyl (C=O) groups is 1. The number of hydrogen-bond acceptors (Lipinski definition) is 6. The van der Waals surface area contributed by atoms with Gasteiger partial charge in [-0.05, 0) is 19.3 Å². The minimum absolute atomic E-state index is 0.0873. The second-order valence-electron chi connectivity index (χ2n) is 5.48. The Morgan fingerprint density at radius 3 is 2.38 bits per heavy atom. The topological polar surface area (TPSA) is 116 Å². The first kappa shape index (κ1) is 24.2. The third-order valence-electron chi connectivity index (χ3n) is 3.17. The summed E-state index contributed by atoms with van der Waals surface area (Å²) in [5.74, 6) is -0.470. The van der Waals surface area contributed by atoms with Gasteiger partial charge in [0.05, 0.1) is 6.54 Å². The summed E-state index contributed by atoms with van der Waals surface area (Å²) in [4.78, 5) is 35.2. The van der Waals surface area contributed by atoms with Crippen molar-refractivity contribution in [2.24, 2.45) is 5.73 Å². The van der Waals surface area contributed by atoms with Gasteiger partial charge in [0, 0.05) is 24.3 Å². The van der Waals surface area contributed by atoms with Crippen LogP contribution in [-0.4, -0.2) is 50.3 Å². The van der Waals surface area contributed by atoms with Crippen LogP contribution in [0.1, 0.15) is 51.8 Å². The highest BCUT2D eigenvalue weighted by atomic mass is 16.5. The van der Waals surface area contributed by atoms with Gasteiger partial charge in [0.15, 0.2) is 0 Å². The zero-order valence-corrected chi connectivity index (χ0v) is 15.7. The maximum atomic E-state index is 11.6. The van der Waals surface area contributed by atoms with Crippen LogP contribution in [-0.2, 0) is 20.7 Å². The summed E-state index contributed by atoms with van der Waals surface area (Å²) < 4.78 is 11.0. The van der Waals surface area contributed by atoms with Crippen LogP contribution >= 0.6 is 0 Å². The molecule has 1 aromatic heterocycles. The molecule has 142 valence electrons. The monoisotopic (exact) mass is 363 g/mol. The van der Waals surface area contributed by atoms with Gasteiger partial charge in [-0.2, -0.15) is 0 Å². The zero-order valence-electron chi connectivity index (χ0n) is 15.7. The average molecular weight is 363 g/mol. The second kappa shape index (κ2) is 13.4. The van der Waals surface area contributed by atoms with E-state index >= 15 is 0 Å². The first-order chi connectivity index (χ1) is 12.3. The van der Waals surface area contributed by atoms with Crippen molar-refractivity contribution in [3.8, 4) is 0 Å². The maximum Gasteiger partial charge on any atom is 0.330 e. The molecule has 10 heteroatoms. The Balaban J connectivity index is 0.000000526. The number of nitrogens with one attached hydrogen (secondary N) is 1. The molecule has 0 spiro atoms. The molecule has 8 nitrogen and oxygen atoms in total. The van der Waals surface area contributed by atoms with Gasteiger partial charge in [0.2, 0.25) is 0 Å². The summed E-state index contributed by atoms with van der Waals surface area (Å²) in [5.41, 5.74) is 4.63. The van der Waals surface area contributed by atoms with Gasteiger partial charge in [0.25, 0.3) is 5.56 Å². The van der Waals surface area contributed by atoms with E-state index < -0.39 is 11.7 Å². The van der Waals surface area contributed by atoms with Gasteiger partial charge in [-0.15, -0.1) is 0 Å². The van der Waals surface area contributed by atoms with Crippen LogP contribution in [0.5, 0.6) is 0 Å². The van der Waals surface area contributed by atoms with E-state index in [0.717, 1.165) is 6.42 Å². The molecule has 2 rings (SSSR count). The van der Waals surface area contributed by atoms with Crippen molar-refractivity contribution in [1.29, 1.82) is 0 Å². The van der Waals surface area contributed by atoms with Crippen LogP contribution in [0.15, 0.2) is 15.8 Å². The average Bonchev–Trinajstić information content (AvgIpc) is 3.02. The van der Waals surface area contributed by atoms with E-state index in [2.05, 4.69) is 23.6 Å². The number of H-pyrrole nitrogens is 1. The summed E-state index contributed by atoms with van der Waals surface area (Å²) >= 11 is 0. The Hall–Kier alpha value is -1.80. The predicted octanol–water partition coefficient (Wildman–Crippen LogP) is -0.0668. The quantitative estimate of drug-likeness (QED) is 0.572. The largest absolute Gasteiger partial charge is 0.475 e. The Labute approximate surface area is 156 Å². The van der Waals surface area contributed by atoms with Crippen molar-refractivity contribution in [2.45, 2.75) is 58.7 Å². The molecule has 1 aliphatic rings. The molecule has 0 amide bonds. The number of aryl methyl sites for hydroxylation is 1. The molecule has 1 aromatic rings. The van der Waals surface area contributed by atoms with Crippen molar-refractivity contribution < 1.29 is 14.3 Å². The van der Waals surface area contributed by atoms with Crippen LogP contribution < -0.4 is 17.0 Å². The van der Waals surface area contributed by atoms with Crippen molar-refractivity contribution >= 4 is 21.7 Å². The lowest BCUT2D eigenvalue weighted by Gasteiger charge is -2.14. The second-order valence-corrected chi connectivity index (χ2v) is 5.48. The van der Waals surface area contributed by atoms with Crippen molar-refractivity contribution in [3.05, 3.63) is 32.6 Å². The van der Waals surface area contributed by atoms with Crippen LogP contribution in [0.2, 0.25) is 0 Å². The number of carbonyl (C=O) groups excluding carboxylic acids is 1. The zero-order chi connectivity index (χ0) is 20.1. The Kier molecular flexibility index (Phi) is 12.5. The number of esters is 1. The van der Waals surface area contributed by atoms with Crippen LogP contribution in [0.4, 0.5) is 0 Å². The lowest BCUT2D eigenvalue weighted by molar-refractivity contribution is -0.139. The third-order valence-corrected chi connectivity index (χ3v) is 3.17. The Morgan fingerprint density at radius 2 is 2.00 bits per heavy atom. The van der Waals surface area contributed by atoms with Gasteiger partial charge in [0.1, 0.15) is 21.9 Å². The number of aromatic nitrogens is 2. The fraction of sp³-hybridized carbons (Fsp3) is 0.688. The van der Waals surface area contributed by atoms with Gasteiger partial charge < -0.3 is 15.2 Å². The van der Waals surface area contributed by atoms with E-state index in [1.54, 1.807) is 6.20 Å². The van der Waals surface area contributed by atoms with Gasteiger partial charge in [-0.3, -0.25) is 19.1 Å². The first-order valence-electron chi connectivity index (χ1n) is 8.65. The molecule has 2 atom stereocenters. The third kappa shape index (κ3) is 8.53. The van der Waals surface area contributed by atoms with Crippen LogP contribution in [0, 0.1) is 0 Å². The number of hydrogen-bond donors (Lipinski definition) is 2. The molecule has 0 bridgehead atoms. The minimum atomic E-state index is -0.470. The predicted molar refractivity (Wildman–Crippen MR) is 101 cm³/mol. The summed E-state index contributed by atoms with van der Waals surface area (Å²) in [6.07, 6.45) is 4.44. The summed E-state index contributed by atoms with van der Waals surface area (Å²) in [6.45, 7) is 5.92. The SMILES string of the molecule is CCC.[B]COC(=O)CN.[B][C@@H]1CCC(n2cc(CC)c(=O)[nH]c2=O)O1. The number of ether oxygens (including phenoxy) is 2. The molecule has 1 unspecified atom stereocenters. The number of nitrogens with two attached hydrogens (primary N) is 1. The van der Waals surface area contributed by atoms with Gasteiger partial charge in [-0.1, -0.05) is 27.2 Å². The lowest BCUT2D eigenvalue weighted by atomic mass is 9.98. The number of aromatic amines is 1. The van der Waals surface area contributed by atoms with Gasteiger partial charge in [-0.25, -0.2) is 4.79 Å². The number of rotatable bonds is 4.